The van der Waals surface area contributed by atoms with E-state index in [1.54, 1.807) is 24.3 Å². The average molecular weight is 257 g/mol. The summed E-state index contributed by atoms with van der Waals surface area (Å²) in [4.78, 5) is 10.7. The molecule has 0 radical (unpaired) electrons. The van der Waals surface area contributed by atoms with Crippen LogP contribution < -0.4 is 5.32 Å². The molecule has 2 rings (SSSR count). The van der Waals surface area contributed by atoms with Gasteiger partial charge in [0.05, 0.1) is 6.42 Å². The molecule has 1 heterocycles. The number of nitrogens with one attached hydrogen (secondary N) is 1. The SMILES string of the molecule is O=C1OC(CNCc2ccc(O)cc2)CC1(F)F. The van der Waals surface area contributed by atoms with Crippen LogP contribution in [0.25, 0.3) is 0 Å². The van der Waals surface area contributed by atoms with Gasteiger partial charge in [-0.15, -0.1) is 0 Å². The number of carbonyl (C=O) groups is 1. The van der Waals surface area contributed by atoms with Gasteiger partial charge in [0.2, 0.25) is 0 Å². The number of phenolic OH excluding ortho intramolecular Hbond substituents is 1. The van der Waals surface area contributed by atoms with Crippen LogP contribution in [0.15, 0.2) is 24.3 Å². The number of hydrogen-bond acceptors (Lipinski definition) is 4. The minimum atomic E-state index is -3.36. The predicted octanol–water partition coefficient (Wildman–Crippen LogP) is 1.43. The first-order valence-electron chi connectivity index (χ1n) is 5.55. The number of alkyl halides is 2. The van der Waals surface area contributed by atoms with Gasteiger partial charge in [0.15, 0.2) is 0 Å². The molecule has 1 saturated heterocycles. The molecule has 0 spiro atoms. The Morgan fingerprint density at radius 1 is 1.39 bits per heavy atom. The van der Waals surface area contributed by atoms with Gasteiger partial charge < -0.3 is 15.2 Å². The Labute approximate surface area is 103 Å². The van der Waals surface area contributed by atoms with Gasteiger partial charge in [-0.25, -0.2) is 4.79 Å². The quantitative estimate of drug-likeness (QED) is 0.801. The number of benzene rings is 1. The fourth-order valence-corrected chi connectivity index (χ4v) is 1.75. The van der Waals surface area contributed by atoms with Crippen molar-refractivity contribution < 1.29 is 23.4 Å². The van der Waals surface area contributed by atoms with E-state index in [4.69, 9.17) is 5.11 Å². The van der Waals surface area contributed by atoms with Crippen LogP contribution in [0.1, 0.15) is 12.0 Å². The fourth-order valence-electron chi connectivity index (χ4n) is 1.75. The Morgan fingerprint density at radius 3 is 2.61 bits per heavy atom. The molecular weight excluding hydrogens is 244 g/mol. The third kappa shape index (κ3) is 2.95. The molecule has 1 aliphatic heterocycles. The molecule has 4 nitrogen and oxygen atoms in total. The van der Waals surface area contributed by atoms with Gasteiger partial charge in [-0.05, 0) is 17.7 Å². The molecule has 1 fully saturated rings. The topological polar surface area (TPSA) is 58.6 Å². The van der Waals surface area contributed by atoms with Crippen molar-refractivity contribution in [3.05, 3.63) is 29.8 Å². The van der Waals surface area contributed by atoms with Crippen molar-refractivity contribution in [1.82, 2.24) is 5.32 Å². The third-order valence-electron chi connectivity index (χ3n) is 2.69. The summed E-state index contributed by atoms with van der Waals surface area (Å²) in [6, 6.07) is 6.52. The first-order valence-corrected chi connectivity index (χ1v) is 5.55. The van der Waals surface area contributed by atoms with Crippen molar-refractivity contribution in [3.63, 3.8) is 0 Å². The summed E-state index contributed by atoms with van der Waals surface area (Å²) in [5.74, 6) is -4.63. The Morgan fingerprint density at radius 2 is 2.06 bits per heavy atom. The number of halogens is 2. The molecule has 6 heteroatoms. The summed E-state index contributed by atoms with van der Waals surface area (Å²) >= 11 is 0. The van der Waals surface area contributed by atoms with Gasteiger partial charge in [-0.1, -0.05) is 12.1 Å². The van der Waals surface area contributed by atoms with E-state index in [0.29, 0.717) is 6.54 Å². The number of cyclic esters (lactones) is 1. The Kier molecular flexibility index (Phi) is 3.47. The molecular formula is C12H13F2NO3. The van der Waals surface area contributed by atoms with E-state index >= 15 is 0 Å². The highest BCUT2D eigenvalue weighted by molar-refractivity contribution is 5.79. The number of hydrogen-bond donors (Lipinski definition) is 2. The zero-order valence-corrected chi connectivity index (χ0v) is 9.53. The largest absolute Gasteiger partial charge is 0.508 e. The smallest absolute Gasteiger partial charge is 0.377 e. The minimum absolute atomic E-state index is 0.170. The Balaban J connectivity index is 1.77. The summed E-state index contributed by atoms with van der Waals surface area (Å²) in [5, 5.41) is 12.0. The summed E-state index contributed by atoms with van der Waals surface area (Å²) in [6.07, 6.45) is -1.36. The van der Waals surface area contributed by atoms with Gasteiger partial charge in [-0.3, -0.25) is 0 Å². The molecule has 1 aromatic rings. The molecule has 0 saturated carbocycles. The summed E-state index contributed by atoms with van der Waals surface area (Å²) in [7, 11) is 0. The van der Waals surface area contributed by atoms with Crippen molar-refractivity contribution in [3.8, 4) is 5.75 Å². The molecule has 18 heavy (non-hydrogen) atoms. The van der Waals surface area contributed by atoms with E-state index in [9.17, 15) is 13.6 Å². The third-order valence-corrected chi connectivity index (χ3v) is 2.69. The van der Waals surface area contributed by atoms with E-state index in [1.165, 1.54) is 0 Å². The van der Waals surface area contributed by atoms with Crippen molar-refractivity contribution in [2.75, 3.05) is 6.54 Å². The van der Waals surface area contributed by atoms with Gasteiger partial charge in [0.1, 0.15) is 11.9 Å². The highest BCUT2D eigenvalue weighted by Crippen LogP contribution is 2.30. The normalized spacial score (nSPS) is 21.9. The highest BCUT2D eigenvalue weighted by atomic mass is 19.3. The first-order chi connectivity index (χ1) is 8.47. The monoisotopic (exact) mass is 257 g/mol. The van der Waals surface area contributed by atoms with E-state index in [-0.39, 0.29) is 12.3 Å². The molecule has 0 aliphatic carbocycles. The number of carbonyl (C=O) groups excluding carboxylic acids is 1. The van der Waals surface area contributed by atoms with E-state index in [2.05, 4.69) is 10.1 Å². The van der Waals surface area contributed by atoms with Crippen LogP contribution in [0.5, 0.6) is 5.75 Å². The van der Waals surface area contributed by atoms with Crippen LogP contribution in [-0.4, -0.2) is 29.6 Å². The highest BCUT2D eigenvalue weighted by Gasteiger charge is 2.50. The number of ether oxygens (including phenoxy) is 1. The molecule has 1 aliphatic rings. The lowest BCUT2D eigenvalue weighted by atomic mass is 10.2. The predicted molar refractivity (Wildman–Crippen MR) is 59.3 cm³/mol. The van der Waals surface area contributed by atoms with Crippen LogP contribution in [-0.2, 0) is 16.1 Å². The Bertz CT molecular complexity index is 433. The molecule has 1 aromatic carbocycles. The second-order valence-corrected chi connectivity index (χ2v) is 4.23. The van der Waals surface area contributed by atoms with Crippen molar-refractivity contribution in [2.24, 2.45) is 0 Å². The molecule has 0 bridgehead atoms. The van der Waals surface area contributed by atoms with Crippen LogP contribution in [0.2, 0.25) is 0 Å². The lowest BCUT2D eigenvalue weighted by Gasteiger charge is -2.09. The molecule has 1 unspecified atom stereocenters. The molecule has 1 atom stereocenters. The van der Waals surface area contributed by atoms with Crippen LogP contribution in [0.4, 0.5) is 8.78 Å². The standard InChI is InChI=1S/C12H13F2NO3/c13-12(14)5-10(18-11(12)17)7-15-6-8-1-3-9(16)4-2-8/h1-4,10,15-16H,5-7H2. The van der Waals surface area contributed by atoms with Crippen molar-refractivity contribution in [1.29, 1.82) is 0 Å². The lowest BCUT2D eigenvalue weighted by molar-refractivity contribution is -0.159. The van der Waals surface area contributed by atoms with Crippen LogP contribution in [0.3, 0.4) is 0 Å². The summed E-state index contributed by atoms with van der Waals surface area (Å²) in [5.41, 5.74) is 0.906. The van der Waals surface area contributed by atoms with Crippen molar-refractivity contribution in [2.45, 2.75) is 25.0 Å². The zero-order valence-electron chi connectivity index (χ0n) is 9.53. The van der Waals surface area contributed by atoms with Crippen LogP contribution >= 0.6 is 0 Å². The minimum Gasteiger partial charge on any atom is -0.508 e. The molecule has 0 aromatic heterocycles. The van der Waals surface area contributed by atoms with Gasteiger partial charge in [0.25, 0.3) is 0 Å². The first kappa shape index (κ1) is 12.8. The number of aromatic hydroxyl groups is 1. The second kappa shape index (κ2) is 4.89. The molecule has 98 valence electrons. The maximum Gasteiger partial charge on any atom is 0.377 e. The summed E-state index contributed by atoms with van der Waals surface area (Å²) < 4.78 is 30.2. The van der Waals surface area contributed by atoms with Gasteiger partial charge in [0, 0.05) is 13.1 Å². The Hall–Kier alpha value is -1.69. The van der Waals surface area contributed by atoms with Crippen LogP contribution in [0, 0.1) is 0 Å². The maximum absolute atomic E-state index is 12.9. The molecule has 0 amide bonds. The summed E-state index contributed by atoms with van der Waals surface area (Å²) in [6.45, 7) is 0.641. The van der Waals surface area contributed by atoms with E-state index in [1.807, 2.05) is 0 Å². The van der Waals surface area contributed by atoms with Gasteiger partial charge >= 0.3 is 11.9 Å². The van der Waals surface area contributed by atoms with Crippen molar-refractivity contribution >= 4 is 5.97 Å². The van der Waals surface area contributed by atoms with E-state index < -0.39 is 24.4 Å². The number of rotatable bonds is 4. The number of phenols is 1. The fraction of sp³-hybridized carbons (Fsp3) is 0.417. The average Bonchev–Trinajstić information content (AvgIpc) is 2.56. The molecule has 2 N–H and O–H groups in total. The van der Waals surface area contributed by atoms with E-state index in [0.717, 1.165) is 5.56 Å². The lowest BCUT2D eigenvalue weighted by Crippen LogP contribution is -2.26. The zero-order chi connectivity index (χ0) is 13.2. The van der Waals surface area contributed by atoms with Gasteiger partial charge in [-0.2, -0.15) is 8.78 Å². The maximum atomic E-state index is 12.9. The number of esters is 1. The second-order valence-electron chi connectivity index (χ2n) is 4.23.